The summed E-state index contributed by atoms with van der Waals surface area (Å²) in [6.07, 6.45) is 10.6. The third-order valence-electron chi connectivity index (χ3n) is 4.64. The van der Waals surface area contributed by atoms with Gasteiger partial charge in [-0.15, -0.1) is 0 Å². The first kappa shape index (κ1) is 10.8. The quantitative estimate of drug-likeness (QED) is 0.736. The molecule has 1 N–H and O–H groups in total. The summed E-state index contributed by atoms with van der Waals surface area (Å²) >= 11 is 0. The fraction of sp³-hybridized carbons (Fsp3) is 0.857. The molecule has 2 bridgehead atoms. The van der Waals surface area contributed by atoms with Crippen LogP contribution in [-0.4, -0.2) is 25.3 Å². The summed E-state index contributed by atoms with van der Waals surface area (Å²) in [4.78, 5) is 0. The Morgan fingerprint density at radius 3 is 2.94 bits per heavy atom. The van der Waals surface area contributed by atoms with E-state index < -0.39 is 0 Å². The van der Waals surface area contributed by atoms with E-state index in [4.69, 9.17) is 4.74 Å². The van der Waals surface area contributed by atoms with Crippen molar-refractivity contribution in [2.75, 3.05) is 13.2 Å². The fourth-order valence-electron chi connectivity index (χ4n) is 3.59. The highest BCUT2D eigenvalue weighted by molar-refractivity contribution is 5.10. The van der Waals surface area contributed by atoms with Gasteiger partial charge in [0, 0.05) is 12.6 Å². The van der Waals surface area contributed by atoms with E-state index in [9.17, 15) is 0 Å². The highest BCUT2D eigenvalue weighted by Gasteiger charge is 2.35. The maximum absolute atomic E-state index is 5.72. The Morgan fingerprint density at radius 2 is 2.31 bits per heavy atom. The van der Waals surface area contributed by atoms with Crippen molar-refractivity contribution in [3.05, 3.63) is 12.2 Å². The lowest BCUT2D eigenvalue weighted by molar-refractivity contribution is 0.0818. The van der Waals surface area contributed by atoms with Gasteiger partial charge in [-0.1, -0.05) is 12.2 Å². The summed E-state index contributed by atoms with van der Waals surface area (Å²) in [5, 5.41) is 3.69. The third-order valence-corrected chi connectivity index (χ3v) is 4.64. The summed E-state index contributed by atoms with van der Waals surface area (Å²) in [5.41, 5.74) is 0. The molecule has 1 saturated heterocycles. The molecule has 0 aromatic carbocycles. The van der Waals surface area contributed by atoms with Crippen molar-refractivity contribution >= 4 is 0 Å². The average Bonchev–Trinajstić information content (AvgIpc) is 3.01. The first-order chi connectivity index (χ1) is 7.83. The van der Waals surface area contributed by atoms with E-state index in [1.807, 2.05) is 0 Å². The van der Waals surface area contributed by atoms with Gasteiger partial charge in [0.05, 0.1) is 6.10 Å². The second-order valence-electron chi connectivity index (χ2n) is 5.79. The van der Waals surface area contributed by atoms with E-state index in [0.717, 1.165) is 24.4 Å². The normalized spacial score (nSPS) is 43.1. The van der Waals surface area contributed by atoms with E-state index in [1.165, 1.54) is 32.2 Å². The third kappa shape index (κ3) is 2.05. The highest BCUT2D eigenvalue weighted by Crippen LogP contribution is 2.43. The molecule has 1 saturated carbocycles. The topological polar surface area (TPSA) is 21.3 Å². The molecule has 2 fully saturated rings. The number of fused-ring (bicyclic) bond motifs is 2. The predicted molar refractivity (Wildman–Crippen MR) is 65.3 cm³/mol. The van der Waals surface area contributed by atoms with Gasteiger partial charge in [0.2, 0.25) is 0 Å². The van der Waals surface area contributed by atoms with Crippen LogP contribution in [0.25, 0.3) is 0 Å². The largest absolute Gasteiger partial charge is 0.377 e. The molecule has 0 spiro atoms. The first-order valence-corrected chi connectivity index (χ1v) is 6.86. The summed E-state index contributed by atoms with van der Waals surface area (Å²) < 4.78 is 5.72. The fourth-order valence-corrected chi connectivity index (χ4v) is 3.59. The Kier molecular flexibility index (Phi) is 3.03. The Hall–Kier alpha value is -0.340. The van der Waals surface area contributed by atoms with Crippen LogP contribution in [0, 0.1) is 17.8 Å². The zero-order chi connectivity index (χ0) is 11.0. The van der Waals surface area contributed by atoms with Gasteiger partial charge < -0.3 is 10.1 Å². The highest BCUT2D eigenvalue weighted by atomic mass is 16.5. The van der Waals surface area contributed by atoms with Crippen LogP contribution in [0.2, 0.25) is 0 Å². The maximum Gasteiger partial charge on any atom is 0.0726 e. The molecular weight excluding hydrogens is 198 g/mol. The van der Waals surface area contributed by atoms with Crippen LogP contribution < -0.4 is 5.32 Å². The Balaban J connectivity index is 1.44. The maximum atomic E-state index is 5.72. The van der Waals surface area contributed by atoms with Crippen molar-refractivity contribution in [1.82, 2.24) is 5.32 Å². The molecule has 2 aliphatic carbocycles. The van der Waals surface area contributed by atoms with Gasteiger partial charge in [-0.25, -0.2) is 0 Å². The molecular formula is C14H23NO. The molecule has 0 unspecified atom stereocenters. The van der Waals surface area contributed by atoms with Crippen LogP contribution in [0.1, 0.15) is 32.6 Å². The smallest absolute Gasteiger partial charge is 0.0726 e. The van der Waals surface area contributed by atoms with Gasteiger partial charge in [0.25, 0.3) is 0 Å². The monoisotopic (exact) mass is 221 g/mol. The van der Waals surface area contributed by atoms with E-state index >= 15 is 0 Å². The standard InChI is InChI=1S/C14H23NO/c1-10(14-3-2-6-16-14)15-9-13-8-11-4-5-12(13)7-11/h4-5,10-15H,2-3,6-9H2,1H3/t10-,11-,12-,13-,14-/m0/s1. The molecule has 0 amide bonds. The van der Waals surface area contributed by atoms with Crippen LogP contribution in [0.5, 0.6) is 0 Å². The number of allylic oxidation sites excluding steroid dienone is 2. The molecule has 2 nitrogen and oxygen atoms in total. The van der Waals surface area contributed by atoms with E-state index in [2.05, 4.69) is 24.4 Å². The van der Waals surface area contributed by atoms with Crippen LogP contribution in [0.15, 0.2) is 12.2 Å². The molecule has 0 radical (unpaired) electrons. The van der Waals surface area contributed by atoms with Gasteiger partial charge in [0.15, 0.2) is 0 Å². The first-order valence-electron chi connectivity index (χ1n) is 6.86. The minimum Gasteiger partial charge on any atom is -0.377 e. The lowest BCUT2D eigenvalue weighted by atomic mass is 9.93. The summed E-state index contributed by atoms with van der Waals surface area (Å²) in [6.45, 7) is 4.43. The summed E-state index contributed by atoms with van der Waals surface area (Å²) in [7, 11) is 0. The number of hydrogen-bond donors (Lipinski definition) is 1. The number of ether oxygens (including phenoxy) is 1. The zero-order valence-corrected chi connectivity index (χ0v) is 10.2. The molecule has 2 heteroatoms. The van der Waals surface area contributed by atoms with Crippen molar-refractivity contribution in [3.63, 3.8) is 0 Å². The molecule has 0 aromatic rings. The van der Waals surface area contributed by atoms with Gasteiger partial charge in [-0.2, -0.15) is 0 Å². The van der Waals surface area contributed by atoms with Crippen LogP contribution in [-0.2, 0) is 4.74 Å². The van der Waals surface area contributed by atoms with Gasteiger partial charge in [0.1, 0.15) is 0 Å². The Morgan fingerprint density at radius 1 is 1.38 bits per heavy atom. The van der Waals surface area contributed by atoms with Gasteiger partial charge >= 0.3 is 0 Å². The van der Waals surface area contributed by atoms with Crippen molar-refractivity contribution in [2.24, 2.45) is 17.8 Å². The van der Waals surface area contributed by atoms with E-state index in [1.54, 1.807) is 0 Å². The molecule has 3 rings (SSSR count). The molecule has 90 valence electrons. The number of rotatable bonds is 4. The summed E-state index contributed by atoms with van der Waals surface area (Å²) in [6, 6.07) is 0.533. The SMILES string of the molecule is C[C@H](NC[C@@H]1C[C@H]2C=C[C@H]1C2)[C@@H]1CCCO1. The number of hydrogen-bond acceptors (Lipinski definition) is 2. The van der Waals surface area contributed by atoms with Crippen molar-refractivity contribution in [1.29, 1.82) is 0 Å². The van der Waals surface area contributed by atoms with Gasteiger partial charge in [-0.05, 0) is 56.9 Å². The molecule has 3 aliphatic rings. The molecule has 1 aliphatic heterocycles. The molecule has 0 aromatic heterocycles. The van der Waals surface area contributed by atoms with Crippen LogP contribution >= 0.6 is 0 Å². The van der Waals surface area contributed by atoms with Crippen molar-refractivity contribution in [3.8, 4) is 0 Å². The lowest BCUT2D eigenvalue weighted by Crippen LogP contribution is -2.40. The second kappa shape index (κ2) is 4.50. The second-order valence-corrected chi connectivity index (χ2v) is 5.79. The number of nitrogens with one attached hydrogen (secondary N) is 1. The molecule has 1 heterocycles. The van der Waals surface area contributed by atoms with E-state index in [-0.39, 0.29) is 0 Å². The van der Waals surface area contributed by atoms with Crippen molar-refractivity contribution < 1.29 is 4.74 Å². The van der Waals surface area contributed by atoms with Gasteiger partial charge in [-0.3, -0.25) is 0 Å². The lowest BCUT2D eigenvalue weighted by Gasteiger charge is -2.24. The average molecular weight is 221 g/mol. The predicted octanol–water partition coefficient (Wildman–Crippen LogP) is 2.36. The molecule has 5 atom stereocenters. The Labute approximate surface area is 98.4 Å². The van der Waals surface area contributed by atoms with E-state index in [0.29, 0.717) is 12.1 Å². The Bertz CT molecular complexity index is 270. The van der Waals surface area contributed by atoms with Crippen molar-refractivity contribution in [2.45, 2.75) is 44.8 Å². The van der Waals surface area contributed by atoms with Crippen LogP contribution in [0.3, 0.4) is 0 Å². The summed E-state index contributed by atoms with van der Waals surface area (Å²) in [5.74, 6) is 2.66. The minimum atomic E-state index is 0.467. The van der Waals surface area contributed by atoms with Crippen LogP contribution in [0.4, 0.5) is 0 Å². The minimum absolute atomic E-state index is 0.467. The molecule has 16 heavy (non-hydrogen) atoms. The zero-order valence-electron chi connectivity index (χ0n) is 10.2.